The fourth-order valence-electron chi connectivity index (χ4n) is 5.66. The first-order valence-electron chi connectivity index (χ1n) is 14.4. The SMILES string of the molecule is C=C1C=CC(/C(c2ccccc2)=c2/cc/c(=C(C3=N/C(=C(/c4ccccc4)c4ccc(C)[nH]4)C=C3)\c3ccccc3)[nH]2)=N1. The van der Waals surface area contributed by atoms with Crippen molar-refractivity contribution in [2.24, 2.45) is 9.98 Å². The minimum Gasteiger partial charge on any atom is -0.359 e. The van der Waals surface area contributed by atoms with Crippen molar-refractivity contribution in [1.82, 2.24) is 9.97 Å². The maximum absolute atomic E-state index is 5.26. The van der Waals surface area contributed by atoms with E-state index < -0.39 is 0 Å². The molecule has 0 aliphatic carbocycles. The van der Waals surface area contributed by atoms with E-state index in [1.807, 2.05) is 30.4 Å². The molecular formula is C39H30N4. The number of nitrogens with one attached hydrogen (secondary N) is 2. The minimum atomic E-state index is 0.753. The van der Waals surface area contributed by atoms with Crippen LogP contribution in [-0.4, -0.2) is 21.4 Å². The van der Waals surface area contributed by atoms with Gasteiger partial charge in [-0.2, -0.15) is 0 Å². The molecule has 0 fully saturated rings. The van der Waals surface area contributed by atoms with E-state index in [0.29, 0.717) is 0 Å². The highest BCUT2D eigenvalue weighted by Crippen LogP contribution is 2.31. The molecule has 0 unspecified atom stereocenters. The Morgan fingerprint density at radius 1 is 0.512 bits per heavy atom. The summed E-state index contributed by atoms with van der Waals surface area (Å²) in [5.41, 5.74) is 12.1. The Hall–Kier alpha value is -5.74. The van der Waals surface area contributed by atoms with E-state index in [9.17, 15) is 0 Å². The molecule has 2 aromatic heterocycles. The Morgan fingerprint density at radius 2 is 1.02 bits per heavy atom. The lowest BCUT2D eigenvalue weighted by atomic mass is 10.0. The number of nitrogens with zero attached hydrogens (tertiary/aromatic N) is 2. The van der Waals surface area contributed by atoms with Gasteiger partial charge in [-0.1, -0.05) is 97.6 Å². The third kappa shape index (κ3) is 5.22. The van der Waals surface area contributed by atoms with Crippen LogP contribution in [0.5, 0.6) is 0 Å². The largest absolute Gasteiger partial charge is 0.359 e. The molecule has 0 atom stereocenters. The van der Waals surface area contributed by atoms with Crippen LogP contribution in [0.1, 0.15) is 28.1 Å². The smallest absolute Gasteiger partial charge is 0.0737 e. The Morgan fingerprint density at radius 3 is 1.51 bits per heavy atom. The zero-order valence-electron chi connectivity index (χ0n) is 23.9. The summed E-state index contributed by atoms with van der Waals surface area (Å²) in [5, 5.41) is 1.97. The van der Waals surface area contributed by atoms with Crippen LogP contribution in [0.15, 0.2) is 168 Å². The highest BCUT2D eigenvalue weighted by Gasteiger charge is 2.19. The molecule has 2 N–H and O–H groups in total. The Balaban J connectivity index is 1.47. The quantitative estimate of drug-likeness (QED) is 0.226. The first-order valence-corrected chi connectivity index (χ1v) is 14.4. The Bertz CT molecular complexity index is 2110. The van der Waals surface area contributed by atoms with E-state index in [1.54, 1.807) is 0 Å². The molecular weight excluding hydrogens is 524 g/mol. The van der Waals surface area contributed by atoms with E-state index in [2.05, 4.69) is 133 Å². The first-order chi connectivity index (χ1) is 21.1. The monoisotopic (exact) mass is 554 g/mol. The fourth-order valence-corrected chi connectivity index (χ4v) is 5.66. The van der Waals surface area contributed by atoms with Gasteiger partial charge in [0.1, 0.15) is 0 Å². The third-order valence-corrected chi connectivity index (χ3v) is 7.62. The van der Waals surface area contributed by atoms with Gasteiger partial charge in [0.25, 0.3) is 0 Å². The molecule has 4 heteroatoms. The lowest BCUT2D eigenvalue weighted by molar-refractivity contribution is 1.23. The summed E-state index contributed by atoms with van der Waals surface area (Å²) in [4.78, 5) is 17.2. The Labute approximate surface area is 250 Å². The highest BCUT2D eigenvalue weighted by molar-refractivity contribution is 6.31. The molecule has 0 radical (unpaired) electrons. The molecule has 7 rings (SSSR count). The molecule has 0 bridgehead atoms. The van der Waals surface area contributed by atoms with E-state index in [4.69, 9.17) is 9.98 Å². The average Bonchev–Trinajstić information content (AvgIpc) is 3.86. The highest BCUT2D eigenvalue weighted by atomic mass is 14.8. The lowest BCUT2D eigenvalue weighted by Gasteiger charge is -2.09. The summed E-state index contributed by atoms with van der Waals surface area (Å²) in [7, 11) is 0. The second kappa shape index (κ2) is 11.3. The molecule has 206 valence electrons. The zero-order chi connectivity index (χ0) is 29.2. The van der Waals surface area contributed by atoms with Crippen LogP contribution < -0.4 is 10.7 Å². The molecule has 0 saturated heterocycles. The molecule has 4 heterocycles. The third-order valence-electron chi connectivity index (χ3n) is 7.62. The summed E-state index contributed by atoms with van der Waals surface area (Å²) in [6.07, 6.45) is 8.21. The van der Waals surface area contributed by atoms with Crippen molar-refractivity contribution in [3.63, 3.8) is 0 Å². The van der Waals surface area contributed by atoms with Crippen molar-refractivity contribution < 1.29 is 0 Å². The predicted octanol–water partition coefficient (Wildman–Crippen LogP) is 7.04. The molecule has 0 amide bonds. The number of rotatable bonds is 6. The molecule has 2 aliphatic heterocycles. The van der Waals surface area contributed by atoms with E-state index in [0.717, 1.165) is 78.3 Å². The number of aryl methyl sites for hydroxylation is 1. The molecule has 3 aromatic carbocycles. The van der Waals surface area contributed by atoms with Gasteiger partial charge in [0.15, 0.2) is 0 Å². The van der Waals surface area contributed by atoms with Gasteiger partial charge in [-0.3, -0.25) is 0 Å². The van der Waals surface area contributed by atoms with Gasteiger partial charge in [0, 0.05) is 38.8 Å². The van der Waals surface area contributed by atoms with Gasteiger partial charge in [-0.05, 0) is 72.2 Å². The van der Waals surface area contributed by atoms with E-state index >= 15 is 0 Å². The Kier molecular flexibility index (Phi) is 6.86. The molecule has 0 saturated carbocycles. The number of aromatic amines is 2. The summed E-state index contributed by atoms with van der Waals surface area (Å²) >= 11 is 0. The van der Waals surface area contributed by atoms with Gasteiger partial charge in [0.05, 0.1) is 22.8 Å². The summed E-state index contributed by atoms with van der Waals surface area (Å²) in [6.45, 7) is 6.11. The van der Waals surface area contributed by atoms with E-state index in [-0.39, 0.29) is 0 Å². The van der Waals surface area contributed by atoms with Crippen LogP contribution in [0.25, 0.3) is 16.7 Å². The number of H-pyrrole nitrogens is 2. The second-order valence-corrected chi connectivity index (χ2v) is 10.6. The van der Waals surface area contributed by atoms with Crippen molar-refractivity contribution in [1.29, 1.82) is 0 Å². The molecule has 43 heavy (non-hydrogen) atoms. The van der Waals surface area contributed by atoms with Gasteiger partial charge in [-0.25, -0.2) is 9.98 Å². The maximum atomic E-state index is 5.26. The van der Waals surface area contributed by atoms with Crippen molar-refractivity contribution in [2.75, 3.05) is 0 Å². The number of allylic oxidation sites excluding steroid dienone is 4. The fraction of sp³-hybridized carbons (Fsp3) is 0.0256. The van der Waals surface area contributed by atoms with Crippen LogP contribution >= 0.6 is 0 Å². The number of hydrogen-bond acceptors (Lipinski definition) is 2. The van der Waals surface area contributed by atoms with E-state index in [1.165, 1.54) is 0 Å². The van der Waals surface area contributed by atoms with Crippen LogP contribution in [0.2, 0.25) is 0 Å². The van der Waals surface area contributed by atoms with Crippen molar-refractivity contribution in [3.05, 3.63) is 196 Å². The number of aromatic nitrogens is 2. The summed E-state index contributed by atoms with van der Waals surface area (Å²) in [5.74, 6) is 0. The van der Waals surface area contributed by atoms with Crippen LogP contribution in [0.3, 0.4) is 0 Å². The molecule has 4 nitrogen and oxygen atoms in total. The van der Waals surface area contributed by atoms with Crippen molar-refractivity contribution in [2.45, 2.75) is 6.92 Å². The normalized spacial score (nSPS) is 16.7. The standard InChI is InChI=1S/C39H30N4/c1-26-18-20-31(40-26)37(28-12-6-3-7-13-28)33-22-24-35(42-33)39(30-16-10-5-11-17-30)36-25-23-34(43-36)38(29-14-8-4-9-15-29)32-21-19-27(2)41-32/h3-25,41-42H,1H2,2H3/b37-33-,38-34-,39-35-. The second-order valence-electron chi connectivity index (χ2n) is 10.6. The topological polar surface area (TPSA) is 56.3 Å². The molecule has 2 aliphatic rings. The predicted molar refractivity (Wildman–Crippen MR) is 178 cm³/mol. The van der Waals surface area contributed by atoms with Crippen molar-refractivity contribution in [3.8, 4) is 0 Å². The molecule has 0 spiro atoms. The average molecular weight is 555 g/mol. The zero-order valence-corrected chi connectivity index (χ0v) is 23.9. The number of aliphatic imine (C=N–C) groups is 2. The maximum Gasteiger partial charge on any atom is 0.0737 e. The van der Waals surface area contributed by atoms with Crippen LogP contribution in [0.4, 0.5) is 0 Å². The van der Waals surface area contributed by atoms with Gasteiger partial charge >= 0.3 is 0 Å². The molecule has 5 aromatic rings. The van der Waals surface area contributed by atoms with Crippen LogP contribution in [0, 0.1) is 6.92 Å². The van der Waals surface area contributed by atoms with Crippen molar-refractivity contribution >= 4 is 28.1 Å². The number of benzene rings is 3. The van der Waals surface area contributed by atoms with Gasteiger partial charge in [-0.15, -0.1) is 0 Å². The van der Waals surface area contributed by atoms with Gasteiger partial charge < -0.3 is 9.97 Å². The first kappa shape index (κ1) is 26.2. The summed E-state index contributed by atoms with van der Waals surface area (Å²) in [6, 6.07) is 39.7. The lowest BCUT2D eigenvalue weighted by Crippen LogP contribution is -2.21. The van der Waals surface area contributed by atoms with Crippen LogP contribution in [-0.2, 0) is 0 Å². The minimum absolute atomic E-state index is 0.753. The van der Waals surface area contributed by atoms with Gasteiger partial charge in [0.2, 0.25) is 0 Å². The summed E-state index contributed by atoms with van der Waals surface area (Å²) < 4.78 is 0. The number of hydrogen-bond donors (Lipinski definition) is 2.